The Bertz CT molecular complexity index is 1590. The van der Waals surface area contributed by atoms with Crippen molar-refractivity contribution < 1.29 is 14.3 Å². The van der Waals surface area contributed by atoms with Gasteiger partial charge in [0.2, 0.25) is 5.91 Å². The van der Waals surface area contributed by atoms with Gasteiger partial charge in [-0.05, 0) is 42.8 Å². The highest BCUT2D eigenvalue weighted by molar-refractivity contribution is 8.00. The lowest BCUT2D eigenvalue weighted by Gasteiger charge is -2.13. The Hall–Kier alpha value is -4.12. The highest BCUT2D eigenvalue weighted by Gasteiger charge is 2.20. The zero-order valence-electron chi connectivity index (χ0n) is 20.5. The molecule has 0 spiro atoms. The molecule has 1 N–H and O–H groups in total. The third-order valence-corrected chi connectivity index (χ3v) is 6.53. The summed E-state index contributed by atoms with van der Waals surface area (Å²) >= 11 is 1.10. The molecule has 4 aromatic rings. The van der Waals surface area contributed by atoms with E-state index in [9.17, 15) is 14.4 Å². The van der Waals surface area contributed by atoms with E-state index in [1.165, 1.54) is 32.9 Å². The average Bonchev–Trinajstić information content (AvgIpc) is 2.88. The number of fused-ring (bicyclic) bond motifs is 1. The molecule has 4 rings (SSSR count). The minimum absolute atomic E-state index is 0.00256. The molecule has 186 valence electrons. The Balaban J connectivity index is 1.79. The minimum atomic E-state index is -0.534. The van der Waals surface area contributed by atoms with Crippen LogP contribution in [0.2, 0.25) is 0 Å². The SMILES string of the molecule is COc1ccc(-c2nc(SCC(=O)Nc3cccc(C)c3)c3c(=O)n(C)c(=O)n(C)c3n2)cc1OC. The molecule has 2 aromatic heterocycles. The Kier molecular flexibility index (Phi) is 7.11. The fraction of sp³-hybridized carbons (Fsp3) is 0.240. The normalized spacial score (nSPS) is 10.9. The van der Waals surface area contributed by atoms with Crippen molar-refractivity contribution in [2.24, 2.45) is 14.1 Å². The van der Waals surface area contributed by atoms with Gasteiger partial charge in [-0.2, -0.15) is 0 Å². The first-order chi connectivity index (χ1) is 17.2. The minimum Gasteiger partial charge on any atom is -0.493 e. The number of anilines is 1. The number of methoxy groups -OCH3 is 2. The average molecular weight is 508 g/mol. The number of carbonyl (C=O) groups excluding carboxylic acids is 1. The van der Waals surface area contributed by atoms with Crippen molar-refractivity contribution in [1.29, 1.82) is 0 Å². The standard InChI is InChI=1S/C25H25N5O5S/c1-14-7-6-8-16(11-14)26-19(31)13-36-23-20-22(29(2)25(33)30(3)24(20)32)27-21(28-23)15-9-10-17(34-4)18(12-15)35-5/h6-12H,13H2,1-5H3,(H,26,31). The smallest absolute Gasteiger partial charge is 0.332 e. The van der Waals surface area contributed by atoms with E-state index in [0.29, 0.717) is 27.8 Å². The number of benzene rings is 2. The second-order valence-electron chi connectivity index (χ2n) is 8.03. The zero-order valence-corrected chi connectivity index (χ0v) is 21.3. The molecule has 0 radical (unpaired) electrons. The van der Waals surface area contributed by atoms with Crippen molar-refractivity contribution in [2.45, 2.75) is 11.9 Å². The molecule has 0 aliphatic rings. The number of rotatable bonds is 7. The fourth-order valence-electron chi connectivity index (χ4n) is 3.69. The van der Waals surface area contributed by atoms with Crippen LogP contribution in [0.1, 0.15) is 5.56 Å². The maximum atomic E-state index is 13.0. The molecule has 0 unspecified atom stereocenters. The van der Waals surface area contributed by atoms with Gasteiger partial charge in [0, 0.05) is 25.3 Å². The van der Waals surface area contributed by atoms with Crippen molar-refractivity contribution in [3.05, 3.63) is 68.9 Å². The molecule has 0 aliphatic heterocycles. The Morgan fingerprint density at radius 1 is 1.00 bits per heavy atom. The van der Waals surface area contributed by atoms with E-state index in [-0.39, 0.29) is 28.5 Å². The van der Waals surface area contributed by atoms with E-state index in [4.69, 9.17) is 9.47 Å². The highest BCUT2D eigenvalue weighted by atomic mass is 32.2. The van der Waals surface area contributed by atoms with Gasteiger partial charge >= 0.3 is 5.69 Å². The number of hydrogen-bond donors (Lipinski definition) is 1. The molecule has 2 heterocycles. The Morgan fingerprint density at radius 3 is 2.44 bits per heavy atom. The molecule has 0 saturated carbocycles. The van der Waals surface area contributed by atoms with Gasteiger partial charge < -0.3 is 14.8 Å². The van der Waals surface area contributed by atoms with Crippen LogP contribution in [-0.4, -0.2) is 45.0 Å². The number of thioether (sulfide) groups is 1. The molecular formula is C25H25N5O5S. The van der Waals surface area contributed by atoms with E-state index in [2.05, 4.69) is 15.3 Å². The molecule has 11 heteroatoms. The van der Waals surface area contributed by atoms with E-state index in [1.807, 2.05) is 25.1 Å². The van der Waals surface area contributed by atoms with Crippen molar-refractivity contribution >= 4 is 34.4 Å². The quantitative estimate of drug-likeness (QED) is 0.300. The van der Waals surface area contributed by atoms with E-state index < -0.39 is 11.2 Å². The summed E-state index contributed by atoms with van der Waals surface area (Å²) in [4.78, 5) is 47.5. The van der Waals surface area contributed by atoms with Gasteiger partial charge in [0.15, 0.2) is 23.0 Å². The van der Waals surface area contributed by atoms with Gasteiger partial charge in [-0.1, -0.05) is 23.9 Å². The van der Waals surface area contributed by atoms with E-state index in [0.717, 1.165) is 21.9 Å². The summed E-state index contributed by atoms with van der Waals surface area (Å²) in [7, 11) is 5.98. The van der Waals surface area contributed by atoms with Crippen LogP contribution in [0.5, 0.6) is 11.5 Å². The van der Waals surface area contributed by atoms with Crippen LogP contribution < -0.4 is 26.0 Å². The predicted octanol–water partition coefficient (Wildman–Crippen LogP) is 2.75. The lowest BCUT2D eigenvalue weighted by molar-refractivity contribution is -0.113. The first kappa shape index (κ1) is 25.0. The van der Waals surface area contributed by atoms with Crippen LogP contribution in [0.4, 0.5) is 5.69 Å². The number of aromatic nitrogens is 4. The van der Waals surface area contributed by atoms with Gasteiger partial charge in [-0.25, -0.2) is 14.8 Å². The van der Waals surface area contributed by atoms with E-state index in [1.54, 1.807) is 24.3 Å². The molecule has 0 bridgehead atoms. The largest absolute Gasteiger partial charge is 0.493 e. The van der Waals surface area contributed by atoms with Crippen molar-refractivity contribution in [3.63, 3.8) is 0 Å². The van der Waals surface area contributed by atoms with Crippen LogP contribution in [0.25, 0.3) is 22.4 Å². The molecule has 0 aliphatic carbocycles. The molecule has 36 heavy (non-hydrogen) atoms. The second kappa shape index (κ2) is 10.2. The number of ether oxygens (including phenoxy) is 2. The molecule has 10 nitrogen and oxygen atoms in total. The van der Waals surface area contributed by atoms with Gasteiger partial charge in [0.1, 0.15) is 10.4 Å². The van der Waals surface area contributed by atoms with E-state index >= 15 is 0 Å². The predicted molar refractivity (Wildman–Crippen MR) is 139 cm³/mol. The summed E-state index contributed by atoms with van der Waals surface area (Å²) in [6.07, 6.45) is 0. The van der Waals surface area contributed by atoms with Gasteiger partial charge in [-0.15, -0.1) is 0 Å². The summed E-state index contributed by atoms with van der Waals surface area (Å²) in [6, 6.07) is 12.6. The summed E-state index contributed by atoms with van der Waals surface area (Å²) in [5.74, 6) is 1.02. The number of nitrogens with zero attached hydrogens (tertiary/aromatic N) is 4. The number of nitrogens with one attached hydrogen (secondary N) is 1. The van der Waals surface area contributed by atoms with Crippen LogP contribution in [0.3, 0.4) is 0 Å². The first-order valence-corrected chi connectivity index (χ1v) is 11.9. The molecule has 2 aromatic carbocycles. The maximum Gasteiger partial charge on any atom is 0.332 e. The number of carbonyl (C=O) groups is 1. The van der Waals surface area contributed by atoms with Crippen LogP contribution in [-0.2, 0) is 18.9 Å². The van der Waals surface area contributed by atoms with Gasteiger partial charge in [0.05, 0.1) is 20.0 Å². The van der Waals surface area contributed by atoms with Crippen molar-refractivity contribution in [1.82, 2.24) is 19.1 Å². The monoisotopic (exact) mass is 507 g/mol. The summed E-state index contributed by atoms with van der Waals surface area (Å²) in [5.41, 5.74) is 1.41. The third-order valence-electron chi connectivity index (χ3n) is 5.55. The lowest BCUT2D eigenvalue weighted by Crippen LogP contribution is -2.37. The Morgan fingerprint density at radius 2 is 1.75 bits per heavy atom. The Labute approximate surface area is 210 Å². The van der Waals surface area contributed by atoms with Crippen LogP contribution in [0, 0.1) is 6.92 Å². The summed E-state index contributed by atoms with van der Waals surface area (Å²) in [5, 5.41) is 3.31. The number of aryl methyl sites for hydroxylation is 2. The second-order valence-corrected chi connectivity index (χ2v) is 9.00. The third kappa shape index (κ3) is 4.82. The highest BCUT2D eigenvalue weighted by Crippen LogP contribution is 2.33. The molecule has 0 fully saturated rings. The molecule has 1 amide bonds. The van der Waals surface area contributed by atoms with Gasteiger partial charge in [0.25, 0.3) is 5.56 Å². The van der Waals surface area contributed by atoms with Crippen molar-refractivity contribution in [2.75, 3.05) is 25.3 Å². The summed E-state index contributed by atoms with van der Waals surface area (Å²) in [6.45, 7) is 1.94. The molecule has 0 saturated heterocycles. The lowest BCUT2D eigenvalue weighted by atomic mass is 10.2. The zero-order chi connectivity index (χ0) is 26.0. The number of hydrogen-bond acceptors (Lipinski definition) is 8. The number of amides is 1. The van der Waals surface area contributed by atoms with Crippen molar-refractivity contribution in [3.8, 4) is 22.9 Å². The molecular weight excluding hydrogens is 482 g/mol. The topological polar surface area (TPSA) is 117 Å². The van der Waals surface area contributed by atoms with Gasteiger partial charge in [-0.3, -0.25) is 18.7 Å². The summed E-state index contributed by atoms with van der Waals surface area (Å²) < 4.78 is 13.0. The fourth-order valence-corrected chi connectivity index (χ4v) is 4.51. The first-order valence-electron chi connectivity index (χ1n) is 10.9. The van der Waals surface area contributed by atoms with Crippen LogP contribution >= 0.6 is 11.8 Å². The molecule has 0 atom stereocenters. The maximum absolute atomic E-state index is 13.0. The van der Waals surface area contributed by atoms with Crippen LogP contribution in [0.15, 0.2) is 57.1 Å².